The summed E-state index contributed by atoms with van der Waals surface area (Å²) >= 11 is 0. The molecule has 1 fully saturated rings. The van der Waals surface area contributed by atoms with Crippen LogP contribution in [0.15, 0.2) is 24.3 Å². The van der Waals surface area contributed by atoms with Gasteiger partial charge in [0.1, 0.15) is 0 Å². The fraction of sp³-hybridized carbons (Fsp3) is 0.714. The first kappa shape index (κ1) is 20.4. The van der Waals surface area contributed by atoms with Crippen LogP contribution in [0, 0.1) is 0 Å². The monoisotopic (exact) mass is 348 g/mol. The normalized spacial score (nSPS) is 19.8. The Morgan fingerprint density at radius 3 is 2.32 bits per heavy atom. The zero-order valence-corrected chi connectivity index (χ0v) is 16.6. The number of β-amino-alcohol motifs (C(OH)–C–C–N with tert-alkyl or cyclic N) is 1. The predicted molar refractivity (Wildman–Crippen MR) is 104 cm³/mol. The Hall–Kier alpha value is -0.940. The number of rotatable bonds is 7. The minimum atomic E-state index is -0.380. The maximum atomic E-state index is 9.86. The molecule has 1 aromatic rings. The quantitative estimate of drug-likeness (QED) is 0.795. The van der Waals surface area contributed by atoms with Gasteiger partial charge in [-0.05, 0) is 49.4 Å². The third-order valence-electron chi connectivity index (χ3n) is 5.18. The number of likely N-dealkylation sites (tertiary alicyclic amines) is 1. The lowest BCUT2D eigenvalue weighted by Crippen LogP contribution is -2.46. The summed E-state index contributed by atoms with van der Waals surface area (Å²) in [6.07, 6.45) is 1.88. The van der Waals surface area contributed by atoms with Gasteiger partial charge in [-0.25, -0.2) is 0 Å². The number of methoxy groups -OCH3 is 1. The standard InChI is InChI=1S/C21H36N2O2/c1-16(17-6-8-18(9-7-17)21(2,3)4)22-19-10-12-23(13-11-19)14-20(24)15-25-5/h6-9,16,19-20,22,24H,10-15H2,1-5H3. The highest BCUT2D eigenvalue weighted by molar-refractivity contribution is 5.29. The van der Waals surface area contributed by atoms with Crippen LogP contribution in [0.25, 0.3) is 0 Å². The van der Waals surface area contributed by atoms with Gasteiger partial charge < -0.3 is 20.1 Å². The van der Waals surface area contributed by atoms with Crippen molar-refractivity contribution >= 4 is 0 Å². The van der Waals surface area contributed by atoms with Crippen LogP contribution in [0.5, 0.6) is 0 Å². The number of aliphatic hydroxyl groups is 1. The van der Waals surface area contributed by atoms with Crippen molar-refractivity contribution in [3.8, 4) is 0 Å². The number of piperidine rings is 1. The van der Waals surface area contributed by atoms with Gasteiger partial charge in [0.05, 0.1) is 12.7 Å². The van der Waals surface area contributed by atoms with Crippen molar-refractivity contribution in [1.82, 2.24) is 10.2 Å². The van der Waals surface area contributed by atoms with E-state index in [1.165, 1.54) is 11.1 Å². The molecule has 0 bridgehead atoms. The first-order valence-electron chi connectivity index (χ1n) is 9.55. The highest BCUT2D eigenvalue weighted by Crippen LogP contribution is 2.24. The fourth-order valence-electron chi connectivity index (χ4n) is 3.55. The van der Waals surface area contributed by atoms with Crippen LogP contribution in [-0.4, -0.2) is 55.5 Å². The molecule has 25 heavy (non-hydrogen) atoms. The lowest BCUT2D eigenvalue weighted by atomic mass is 9.86. The van der Waals surface area contributed by atoms with Gasteiger partial charge in [-0.3, -0.25) is 0 Å². The molecule has 1 aliphatic rings. The summed E-state index contributed by atoms with van der Waals surface area (Å²) in [7, 11) is 1.63. The van der Waals surface area contributed by atoms with Gasteiger partial charge in [0.2, 0.25) is 0 Å². The number of aliphatic hydroxyl groups excluding tert-OH is 1. The Kier molecular flexibility index (Phi) is 7.44. The summed E-state index contributed by atoms with van der Waals surface area (Å²) in [5.41, 5.74) is 2.94. The van der Waals surface area contributed by atoms with Gasteiger partial charge in [-0.2, -0.15) is 0 Å². The topological polar surface area (TPSA) is 44.7 Å². The zero-order chi connectivity index (χ0) is 18.4. The van der Waals surface area contributed by atoms with Crippen LogP contribution < -0.4 is 5.32 Å². The molecule has 1 saturated heterocycles. The average Bonchev–Trinajstić information content (AvgIpc) is 2.56. The first-order valence-corrected chi connectivity index (χ1v) is 9.55. The molecule has 0 saturated carbocycles. The lowest BCUT2D eigenvalue weighted by molar-refractivity contribution is 0.0308. The fourth-order valence-corrected chi connectivity index (χ4v) is 3.55. The zero-order valence-electron chi connectivity index (χ0n) is 16.6. The maximum absolute atomic E-state index is 9.86. The molecule has 0 amide bonds. The number of nitrogens with zero attached hydrogens (tertiary/aromatic N) is 1. The number of ether oxygens (including phenoxy) is 1. The second-order valence-corrected chi connectivity index (χ2v) is 8.44. The van der Waals surface area contributed by atoms with E-state index in [-0.39, 0.29) is 11.5 Å². The molecule has 142 valence electrons. The Bertz CT molecular complexity index is 502. The van der Waals surface area contributed by atoms with E-state index in [0.29, 0.717) is 25.2 Å². The number of hydrogen-bond donors (Lipinski definition) is 2. The van der Waals surface area contributed by atoms with E-state index in [4.69, 9.17) is 4.74 Å². The molecular formula is C21H36N2O2. The van der Waals surface area contributed by atoms with Crippen molar-refractivity contribution in [2.75, 3.05) is 33.4 Å². The lowest BCUT2D eigenvalue weighted by Gasteiger charge is -2.35. The molecule has 2 atom stereocenters. The molecule has 0 spiro atoms. The molecule has 2 rings (SSSR count). The average molecular weight is 349 g/mol. The van der Waals surface area contributed by atoms with E-state index in [2.05, 4.69) is 62.2 Å². The molecular weight excluding hydrogens is 312 g/mol. The summed E-state index contributed by atoms with van der Waals surface area (Å²) in [4.78, 5) is 2.34. The summed E-state index contributed by atoms with van der Waals surface area (Å²) in [5.74, 6) is 0. The summed E-state index contributed by atoms with van der Waals surface area (Å²) in [6, 6.07) is 9.95. The van der Waals surface area contributed by atoms with Crippen LogP contribution in [0.4, 0.5) is 0 Å². The van der Waals surface area contributed by atoms with Gasteiger partial charge in [0, 0.05) is 25.7 Å². The van der Waals surface area contributed by atoms with E-state index in [0.717, 1.165) is 25.9 Å². The highest BCUT2D eigenvalue weighted by atomic mass is 16.5. The van der Waals surface area contributed by atoms with E-state index in [9.17, 15) is 5.11 Å². The number of nitrogens with one attached hydrogen (secondary N) is 1. The molecule has 1 aliphatic heterocycles. The Labute approximate surface area is 153 Å². The van der Waals surface area contributed by atoms with Crippen molar-refractivity contribution in [2.45, 2.75) is 64.1 Å². The van der Waals surface area contributed by atoms with Crippen molar-refractivity contribution in [2.24, 2.45) is 0 Å². The molecule has 4 nitrogen and oxygen atoms in total. The number of benzene rings is 1. The minimum absolute atomic E-state index is 0.204. The van der Waals surface area contributed by atoms with Crippen LogP contribution in [-0.2, 0) is 10.2 Å². The Balaban J connectivity index is 1.79. The molecule has 2 unspecified atom stereocenters. The van der Waals surface area contributed by atoms with Gasteiger partial charge in [-0.15, -0.1) is 0 Å². The van der Waals surface area contributed by atoms with E-state index >= 15 is 0 Å². The largest absolute Gasteiger partial charge is 0.389 e. The smallest absolute Gasteiger partial charge is 0.0900 e. The van der Waals surface area contributed by atoms with E-state index in [1.54, 1.807) is 7.11 Å². The SMILES string of the molecule is COCC(O)CN1CCC(NC(C)c2ccc(C(C)(C)C)cc2)CC1. The maximum Gasteiger partial charge on any atom is 0.0900 e. The molecule has 0 aliphatic carbocycles. The van der Waals surface area contributed by atoms with Crippen LogP contribution in [0.3, 0.4) is 0 Å². The summed E-state index contributed by atoms with van der Waals surface area (Å²) < 4.78 is 5.01. The Morgan fingerprint density at radius 1 is 1.20 bits per heavy atom. The molecule has 4 heteroatoms. The number of hydrogen-bond acceptors (Lipinski definition) is 4. The van der Waals surface area contributed by atoms with Gasteiger partial charge >= 0.3 is 0 Å². The van der Waals surface area contributed by atoms with E-state index in [1.807, 2.05) is 0 Å². The second-order valence-electron chi connectivity index (χ2n) is 8.44. The first-order chi connectivity index (χ1) is 11.8. The van der Waals surface area contributed by atoms with Crippen molar-refractivity contribution in [1.29, 1.82) is 0 Å². The van der Waals surface area contributed by atoms with Gasteiger partial charge in [0.15, 0.2) is 0 Å². The third kappa shape index (κ3) is 6.37. The summed E-state index contributed by atoms with van der Waals surface area (Å²) in [6.45, 7) is 12.2. The van der Waals surface area contributed by atoms with Crippen molar-refractivity contribution < 1.29 is 9.84 Å². The van der Waals surface area contributed by atoms with Gasteiger partial charge in [-0.1, -0.05) is 45.0 Å². The molecule has 0 aromatic heterocycles. The molecule has 2 N–H and O–H groups in total. The van der Waals surface area contributed by atoms with Crippen molar-refractivity contribution in [3.63, 3.8) is 0 Å². The van der Waals surface area contributed by atoms with Gasteiger partial charge in [0.25, 0.3) is 0 Å². The molecule has 1 heterocycles. The van der Waals surface area contributed by atoms with E-state index < -0.39 is 0 Å². The molecule has 1 aromatic carbocycles. The second kappa shape index (κ2) is 9.13. The predicted octanol–water partition coefficient (Wildman–Crippen LogP) is 3.11. The highest BCUT2D eigenvalue weighted by Gasteiger charge is 2.22. The van der Waals surface area contributed by atoms with Crippen LogP contribution in [0.1, 0.15) is 57.7 Å². The van der Waals surface area contributed by atoms with Crippen molar-refractivity contribution in [3.05, 3.63) is 35.4 Å². The van der Waals surface area contributed by atoms with Crippen LogP contribution in [0.2, 0.25) is 0 Å². The third-order valence-corrected chi connectivity index (χ3v) is 5.18. The minimum Gasteiger partial charge on any atom is -0.389 e. The Morgan fingerprint density at radius 2 is 1.80 bits per heavy atom. The summed E-state index contributed by atoms with van der Waals surface area (Å²) in [5, 5.41) is 13.6. The molecule has 0 radical (unpaired) electrons. The van der Waals surface area contributed by atoms with Crippen LogP contribution >= 0.6 is 0 Å².